The Morgan fingerprint density at radius 1 is 1.11 bits per heavy atom. The number of nitrogens with zero attached hydrogens (tertiary/aromatic N) is 6. The van der Waals surface area contributed by atoms with Crippen LogP contribution in [0.4, 0.5) is 10.6 Å². The van der Waals surface area contributed by atoms with Crippen LogP contribution < -0.4 is 4.90 Å². The summed E-state index contributed by atoms with van der Waals surface area (Å²) in [5.41, 5.74) is -0.0346. The number of anilines is 1. The number of ether oxygens (including phenoxy) is 1. The summed E-state index contributed by atoms with van der Waals surface area (Å²) in [6, 6.07) is 9.77. The van der Waals surface area contributed by atoms with E-state index < -0.39 is 17.7 Å². The first-order valence-electron chi connectivity index (χ1n) is 12.9. The van der Waals surface area contributed by atoms with E-state index in [-0.39, 0.29) is 11.9 Å². The van der Waals surface area contributed by atoms with E-state index in [2.05, 4.69) is 20.9 Å². The fraction of sp³-hybridized carbons (Fsp3) is 0.556. The Hall–Kier alpha value is -3.03. The van der Waals surface area contributed by atoms with Crippen LogP contribution in [-0.4, -0.2) is 100 Å². The molecule has 5 rings (SSSR count). The molecule has 2 aromatic rings. The van der Waals surface area contributed by atoms with Crippen molar-refractivity contribution in [3.8, 4) is 6.07 Å². The Kier molecular flexibility index (Phi) is 7.19. The van der Waals surface area contributed by atoms with Crippen molar-refractivity contribution < 1.29 is 14.3 Å². The molecule has 4 heterocycles. The highest BCUT2D eigenvalue weighted by Gasteiger charge is 2.45. The molecular weight excluding hydrogens is 488 g/mol. The van der Waals surface area contributed by atoms with Gasteiger partial charge in [0.2, 0.25) is 5.91 Å². The number of pyridine rings is 1. The van der Waals surface area contributed by atoms with Crippen molar-refractivity contribution in [1.82, 2.24) is 19.7 Å². The number of fused-ring (bicyclic) bond motifs is 1. The molecule has 1 aromatic heterocycles. The minimum Gasteiger partial charge on any atom is -0.444 e. The third kappa shape index (κ3) is 5.34. The molecule has 0 spiro atoms. The smallest absolute Gasteiger partial charge is 0.411 e. The third-order valence-electron chi connectivity index (χ3n) is 7.28. The SMILES string of the molecule is CC(C)(C)OC(=O)N1C[C@@H](N2CCN(c3ncc(C#N)c4ccccc34)CC2)C[C@H]1C(=O)N1CCSC1. The number of carbonyl (C=O) groups excluding carboxylic acids is 2. The van der Waals surface area contributed by atoms with E-state index >= 15 is 0 Å². The van der Waals surface area contributed by atoms with Gasteiger partial charge < -0.3 is 14.5 Å². The summed E-state index contributed by atoms with van der Waals surface area (Å²) in [6.45, 7) is 9.97. The van der Waals surface area contributed by atoms with Crippen LogP contribution >= 0.6 is 11.8 Å². The number of likely N-dealkylation sites (tertiary alicyclic amines) is 1. The molecule has 1 aromatic carbocycles. The molecule has 10 heteroatoms. The number of amides is 2. The molecule has 196 valence electrons. The quantitative estimate of drug-likeness (QED) is 0.607. The van der Waals surface area contributed by atoms with Crippen LogP contribution in [0.3, 0.4) is 0 Å². The zero-order valence-corrected chi connectivity index (χ0v) is 22.5. The number of thioether (sulfide) groups is 1. The predicted molar refractivity (Wildman–Crippen MR) is 144 cm³/mol. The van der Waals surface area contributed by atoms with Crippen molar-refractivity contribution >= 4 is 40.4 Å². The van der Waals surface area contributed by atoms with Crippen molar-refractivity contribution in [2.75, 3.05) is 55.8 Å². The van der Waals surface area contributed by atoms with Crippen molar-refractivity contribution in [2.24, 2.45) is 0 Å². The fourth-order valence-electron chi connectivity index (χ4n) is 5.45. The van der Waals surface area contributed by atoms with Gasteiger partial charge in [-0.2, -0.15) is 5.26 Å². The molecule has 2 atom stereocenters. The molecule has 2 amide bonds. The summed E-state index contributed by atoms with van der Waals surface area (Å²) in [4.78, 5) is 39.3. The van der Waals surface area contributed by atoms with E-state index in [1.807, 2.05) is 49.9 Å². The number of hydrogen-bond donors (Lipinski definition) is 0. The Morgan fingerprint density at radius 2 is 1.84 bits per heavy atom. The van der Waals surface area contributed by atoms with Gasteiger partial charge in [-0.05, 0) is 27.2 Å². The Bertz CT molecular complexity index is 1210. The van der Waals surface area contributed by atoms with Crippen LogP contribution in [0.15, 0.2) is 30.5 Å². The lowest BCUT2D eigenvalue weighted by Gasteiger charge is -2.38. The summed E-state index contributed by atoms with van der Waals surface area (Å²) in [7, 11) is 0. The summed E-state index contributed by atoms with van der Waals surface area (Å²) in [5, 5.41) is 11.4. The monoisotopic (exact) mass is 522 g/mol. The van der Waals surface area contributed by atoms with Gasteiger partial charge in [0, 0.05) is 68.0 Å². The summed E-state index contributed by atoms with van der Waals surface area (Å²) in [6.07, 6.45) is 1.87. The van der Waals surface area contributed by atoms with E-state index in [4.69, 9.17) is 4.74 Å². The molecule has 3 fully saturated rings. The normalized spacial score (nSPS) is 22.9. The molecule has 3 saturated heterocycles. The fourth-order valence-corrected chi connectivity index (χ4v) is 6.41. The molecule has 0 N–H and O–H groups in total. The Balaban J connectivity index is 1.29. The van der Waals surface area contributed by atoms with Gasteiger partial charge in [0.1, 0.15) is 23.5 Å². The van der Waals surface area contributed by atoms with Gasteiger partial charge >= 0.3 is 6.09 Å². The maximum Gasteiger partial charge on any atom is 0.411 e. The standard InChI is InChI=1S/C27H34N6O3S/c1-27(2,3)36-26(35)33-17-20(14-23(33)25(34)32-12-13-37-18-32)30-8-10-31(11-9-30)24-22-7-5-4-6-21(22)19(15-28)16-29-24/h4-7,16,20,23H,8-14,17-18H2,1-3H3/t20-,23-/m0/s1. The average Bonchev–Trinajstić information content (AvgIpc) is 3.58. The number of hydrogen-bond acceptors (Lipinski definition) is 8. The number of carbonyl (C=O) groups is 2. The van der Waals surface area contributed by atoms with Crippen LogP contribution in [0.2, 0.25) is 0 Å². The van der Waals surface area contributed by atoms with Gasteiger partial charge in [0.15, 0.2) is 0 Å². The molecule has 3 aliphatic rings. The number of nitriles is 1. The molecule has 3 aliphatic heterocycles. The lowest BCUT2D eigenvalue weighted by atomic mass is 10.1. The molecule has 9 nitrogen and oxygen atoms in total. The van der Waals surface area contributed by atoms with E-state index in [0.717, 1.165) is 55.1 Å². The Labute approximate surface area is 222 Å². The van der Waals surface area contributed by atoms with Crippen molar-refractivity contribution in [3.05, 3.63) is 36.0 Å². The first kappa shape index (κ1) is 25.6. The second-order valence-electron chi connectivity index (χ2n) is 10.9. The van der Waals surface area contributed by atoms with Gasteiger partial charge in [-0.15, -0.1) is 11.8 Å². The summed E-state index contributed by atoms with van der Waals surface area (Å²) < 4.78 is 5.69. The van der Waals surface area contributed by atoms with Gasteiger partial charge in [0.05, 0.1) is 11.4 Å². The maximum atomic E-state index is 13.4. The minimum atomic E-state index is -0.616. The van der Waals surface area contributed by atoms with Gasteiger partial charge in [0.25, 0.3) is 0 Å². The molecule has 37 heavy (non-hydrogen) atoms. The number of piperazine rings is 1. The number of benzene rings is 1. The van der Waals surface area contributed by atoms with E-state index in [0.29, 0.717) is 24.4 Å². The van der Waals surface area contributed by atoms with Crippen molar-refractivity contribution in [3.63, 3.8) is 0 Å². The molecule has 0 unspecified atom stereocenters. The zero-order chi connectivity index (χ0) is 26.2. The van der Waals surface area contributed by atoms with Crippen LogP contribution in [0.25, 0.3) is 10.8 Å². The molecule has 0 saturated carbocycles. The van der Waals surface area contributed by atoms with Gasteiger partial charge in [-0.1, -0.05) is 24.3 Å². The second kappa shape index (κ2) is 10.4. The van der Waals surface area contributed by atoms with Crippen LogP contribution in [0.5, 0.6) is 0 Å². The third-order valence-corrected chi connectivity index (χ3v) is 8.25. The second-order valence-corrected chi connectivity index (χ2v) is 11.9. The minimum absolute atomic E-state index is 0.0326. The van der Waals surface area contributed by atoms with Crippen LogP contribution in [0.1, 0.15) is 32.8 Å². The predicted octanol–water partition coefficient (Wildman–Crippen LogP) is 3.14. The summed E-state index contributed by atoms with van der Waals surface area (Å²) >= 11 is 1.75. The molecule has 0 aliphatic carbocycles. The van der Waals surface area contributed by atoms with Gasteiger partial charge in [-0.3, -0.25) is 14.6 Å². The highest BCUT2D eigenvalue weighted by Crippen LogP contribution is 2.31. The topological polar surface area (TPSA) is 93.0 Å². The van der Waals surface area contributed by atoms with Crippen LogP contribution in [-0.2, 0) is 9.53 Å². The lowest BCUT2D eigenvalue weighted by molar-refractivity contribution is -0.134. The van der Waals surface area contributed by atoms with Gasteiger partial charge in [-0.25, -0.2) is 9.78 Å². The average molecular weight is 523 g/mol. The first-order chi connectivity index (χ1) is 17.7. The Morgan fingerprint density at radius 3 is 2.49 bits per heavy atom. The van der Waals surface area contributed by atoms with Crippen LogP contribution in [0, 0.1) is 11.3 Å². The molecule has 0 bridgehead atoms. The maximum absolute atomic E-state index is 13.4. The zero-order valence-electron chi connectivity index (χ0n) is 21.7. The van der Waals surface area contributed by atoms with Crippen molar-refractivity contribution in [1.29, 1.82) is 5.26 Å². The molecular formula is C27H34N6O3S. The molecule has 0 radical (unpaired) electrons. The highest BCUT2D eigenvalue weighted by molar-refractivity contribution is 7.99. The van der Waals surface area contributed by atoms with E-state index in [1.165, 1.54) is 0 Å². The summed E-state index contributed by atoms with van der Waals surface area (Å²) in [5.74, 6) is 2.56. The van der Waals surface area contributed by atoms with Crippen molar-refractivity contribution in [2.45, 2.75) is 44.9 Å². The first-order valence-corrected chi connectivity index (χ1v) is 14.0. The highest BCUT2D eigenvalue weighted by atomic mass is 32.2. The van der Waals surface area contributed by atoms with E-state index in [9.17, 15) is 14.9 Å². The number of aromatic nitrogens is 1. The lowest BCUT2D eigenvalue weighted by Crippen LogP contribution is -2.51. The van der Waals surface area contributed by atoms with E-state index in [1.54, 1.807) is 22.9 Å². The number of rotatable bonds is 3. The largest absolute Gasteiger partial charge is 0.444 e.